The predicted octanol–water partition coefficient (Wildman–Crippen LogP) is 4.50. The van der Waals surface area contributed by atoms with Crippen molar-refractivity contribution in [2.45, 2.75) is 75.5 Å². The maximum absolute atomic E-state index is 13.2. The van der Waals surface area contributed by atoms with Crippen molar-refractivity contribution < 1.29 is 12.6 Å². The van der Waals surface area contributed by atoms with Gasteiger partial charge in [-0.05, 0) is 77.8 Å². The Kier molecular flexibility index (Phi) is 7.27. The largest absolute Gasteiger partial charge is 0.258 e. The molecule has 0 aromatic heterocycles. The average Bonchev–Trinajstić information content (AvgIpc) is 3.15. The molecule has 2 aliphatic carbocycles. The normalized spacial score (nSPS) is 22.6. The SMILES string of the molecule is Cc1ccc(S(=O)(=O)N[C@H]([C]2[CH][CH][CH][C]2[S@@](=O)C(C)(C)C)C2CCCCC2)cc1. The third-order valence-corrected chi connectivity index (χ3v) is 8.97. The van der Waals surface area contributed by atoms with Gasteiger partial charge in [-0.15, -0.1) is 0 Å². The maximum atomic E-state index is 13.2. The summed E-state index contributed by atoms with van der Waals surface area (Å²) in [7, 11) is -4.90. The van der Waals surface area contributed by atoms with Crippen LogP contribution in [-0.2, 0) is 20.8 Å². The topological polar surface area (TPSA) is 63.2 Å². The minimum Gasteiger partial charge on any atom is -0.258 e. The van der Waals surface area contributed by atoms with Gasteiger partial charge in [0.15, 0.2) is 0 Å². The molecule has 4 nitrogen and oxygen atoms in total. The van der Waals surface area contributed by atoms with E-state index < -0.39 is 25.6 Å². The quantitative estimate of drug-likeness (QED) is 0.717. The first kappa shape index (κ1) is 23.0. The molecule has 2 saturated carbocycles. The molecule has 0 spiro atoms. The third kappa shape index (κ3) is 5.50. The van der Waals surface area contributed by atoms with Crippen molar-refractivity contribution in [2.75, 3.05) is 0 Å². The number of hydrogen-bond donors (Lipinski definition) is 1. The van der Waals surface area contributed by atoms with E-state index in [1.807, 2.05) is 59.1 Å². The number of benzene rings is 1. The van der Waals surface area contributed by atoms with Gasteiger partial charge in [-0.1, -0.05) is 37.0 Å². The number of aryl methyl sites for hydroxylation is 1. The van der Waals surface area contributed by atoms with Gasteiger partial charge in [-0.3, -0.25) is 4.21 Å². The van der Waals surface area contributed by atoms with E-state index in [-0.39, 0.29) is 16.9 Å². The lowest BCUT2D eigenvalue weighted by molar-refractivity contribution is 0.302. The zero-order valence-electron chi connectivity index (χ0n) is 17.8. The van der Waals surface area contributed by atoms with Crippen LogP contribution >= 0.6 is 0 Å². The molecule has 1 N–H and O–H groups in total. The summed E-state index contributed by atoms with van der Waals surface area (Å²) in [6, 6.07) is 6.56. The number of hydrogen-bond acceptors (Lipinski definition) is 3. The van der Waals surface area contributed by atoms with Crippen molar-refractivity contribution >= 4 is 20.8 Å². The van der Waals surface area contributed by atoms with Gasteiger partial charge in [0.1, 0.15) is 0 Å². The Morgan fingerprint density at radius 1 is 1.03 bits per heavy atom. The van der Waals surface area contributed by atoms with E-state index in [4.69, 9.17) is 0 Å². The van der Waals surface area contributed by atoms with Crippen molar-refractivity contribution in [3.05, 3.63) is 60.3 Å². The van der Waals surface area contributed by atoms with E-state index in [9.17, 15) is 12.6 Å². The Hall–Kier alpha value is -0.720. The molecule has 1 aromatic carbocycles. The molecule has 2 fully saturated rings. The van der Waals surface area contributed by atoms with Gasteiger partial charge in [0.25, 0.3) is 0 Å². The molecule has 0 unspecified atom stereocenters. The lowest BCUT2D eigenvalue weighted by atomic mass is 9.78. The number of sulfonamides is 1. The third-order valence-electron chi connectivity index (χ3n) is 5.63. The molecule has 0 bridgehead atoms. The van der Waals surface area contributed by atoms with E-state index in [2.05, 4.69) is 4.72 Å². The summed E-state index contributed by atoms with van der Waals surface area (Å²) in [6.07, 6.45) is 11.1. The van der Waals surface area contributed by atoms with Crippen molar-refractivity contribution in [3.8, 4) is 0 Å². The zero-order valence-corrected chi connectivity index (χ0v) is 19.4. The Labute approximate surface area is 179 Å². The summed E-state index contributed by atoms with van der Waals surface area (Å²) < 4.78 is 42.1. The van der Waals surface area contributed by atoms with Crippen LogP contribution in [0.5, 0.6) is 0 Å². The first-order chi connectivity index (χ1) is 13.6. The molecule has 1 aromatic rings. The molecule has 2 aliphatic rings. The molecule has 0 aliphatic heterocycles. The Morgan fingerprint density at radius 2 is 1.66 bits per heavy atom. The van der Waals surface area contributed by atoms with Gasteiger partial charge < -0.3 is 0 Å². The Morgan fingerprint density at radius 3 is 2.24 bits per heavy atom. The van der Waals surface area contributed by atoms with Gasteiger partial charge >= 0.3 is 0 Å². The van der Waals surface area contributed by atoms with Gasteiger partial charge in [0, 0.05) is 27.5 Å². The van der Waals surface area contributed by atoms with E-state index in [1.165, 1.54) is 6.42 Å². The van der Waals surface area contributed by atoms with Crippen LogP contribution in [0, 0.1) is 43.3 Å². The van der Waals surface area contributed by atoms with Gasteiger partial charge in [-0.25, -0.2) is 13.1 Å². The molecule has 29 heavy (non-hydrogen) atoms. The Bertz CT molecular complexity index is 806. The molecule has 0 amide bonds. The molecule has 159 valence electrons. The summed E-state index contributed by atoms with van der Waals surface area (Å²) in [5, 5.41) is 0.750. The molecule has 0 saturated heterocycles. The minimum atomic E-state index is -3.68. The minimum absolute atomic E-state index is 0.210. The standard InChI is InChI=1S/C23H32NO3S2/c1-17-13-15-19(16-14-17)29(26,27)24-22(18-9-6-5-7-10-18)20-11-8-12-21(20)28(25)23(2,3)4/h8,11-16,18,22,24H,5-7,9-10H2,1-4H3/t22-,28+/m0/s1. The number of nitrogens with one attached hydrogen (secondary N) is 1. The second-order valence-corrected chi connectivity index (χ2v) is 13.0. The van der Waals surface area contributed by atoms with E-state index in [0.717, 1.165) is 42.4 Å². The van der Waals surface area contributed by atoms with Crippen LogP contribution < -0.4 is 4.72 Å². The van der Waals surface area contributed by atoms with E-state index in [1.54, 1.807) is 12.1 Å². The number of rotatable bonds is 6. The van der Waals surface area contributed by atoms with Gasteiger partial charge in [-0.2, -0.15) is 0 Å². The molecule has 2 atom stereocenters. The molecular weight excluding hydrogens is 402 g/mol. The monoisotopic (exact) mass is 434 g/mol. The summed E-state index contributed by atoms with van der Waals surface area (Å²) >= 11 is 0. The maximum Gasteiger partial charge on any atom is 0.240 e. The van der Waals surface area contributed by atoms with Gasteiger partial charge in [0.2, 0.25) is 10.0 Å². The highest BCUT2D eigenvalue weighted by atomic mass is 32.2. The van der Waals surface area contributed by atoms with Crippen LogP contribution in [0.4, 0.5) is 0 Å². The Balaban J connectivity index is 1.90. The lowest BCUT2D eigenvalue weighted by Crippen LogP contribution is -2.47. The van der Waals surface area contributed by atoms with Crippen molar-refractivity contribution in [2.24, 2.45) is 5.92 Å². The molecular formula is C23H32NO3S2. The van der Waals surface area contributed by atoms with Crippen molar-refractivity contribution in [1.82, 2.24) is 4.72 Å². The van der Waals surface area contributed by atoms with E-state index >= 15 is 0 Å². The highest BCUT2D eigenvalue weighted by Gasteiger charge is 2.46. The fourth-order valence-corrected chi connectivity index (χ4v) is 6.56. The van der Waals surface area contributed by atoms with Crippen LogP contribution in [0.15, 0.2) is 29.2 Å². The summed E-state index contributed by atoms with van der Waals surface area (Å²) in [5.41, 5.74) is 1.02. The summed E-state index contributed by atoms with van der Waals surface area (Å²) in [6.45, 7) is 7.79. The highest BCUT2D eigenvalue weighted by molar-refractivity contribution is 7.90. The second kappa shape index (κ2) is 9.19. The lowest BCUT2D eigenvalue weighted by Gasteiger charge is -2.37. The van der Waals surface area contributed by atoms with Crippen LogP contribution in [0.1, 0.15) is 58.4 Å². The molecule has 5 radical (unpaired) electrons. The highest BCUT2D eigenvalue weighted by Crippen LogP contribution is 2.45. The zero-order chi connectivity index (χ0) is 21.2. The summed E-state index contributed by atoms with van der Waals surface area (Å²) in [4.78, 5) is 0.272. The molecule has 0 heterocycles. The smallest absolute Gasteiger partial charge is 0.240 e. The van der Waals surface area contributed by atoms with Crippen LogP contribution in [0.3, 0.4) is 0 Å². The average molecular weight is 435 g/mol. The van der Waals surface area contributed by atoms with E-state index in [0.29, 0.717) is 0 Å². The van der Waals surface area contributed by atoms with Crippen molar-refractivity contribution in [3.63, 3.8) is 0 Å². The van der Waals surface area contributed by atoms with Crippen molar-refractivity contribution in [1.29, 1.82) is 0 Å². The fourth-order valence-electron chi connectivity index (χ4n) is 4.01. The molecule has 3 rings (SSSR count). The first-order valence-corrected chi connectivity index (χ1v) is 13.0. The summed E-state index contributed by atoms with van der Waals surface area (Å²) in [5.74, 6) is 1.07. The van der Waals surface area contributed by atoms with Crippen LogP contribution in [-0.4, -0.2) is 23.4 Å². The fraction of sp³-hybridized carbons (Fsp3) is 0.522. The van der Waals surface area contributed by atoms with Gasteiger partial charge in [0.05, 0.1) is 10.1 Å². The molecule has 6 heteroatoms. The van der Waals surface area contributed by atoms with Crippen LogP contribution in [0.25, 0.3) is 0 Å². The first-order valence-electron chi connectivity index (χ1n) is 10.4. The predicted molar refractivity (Wildman–Crippen MR) is 119 cm³/mol. The second-order valence-electron chi connectivity index (χ2n) is 9.04. The van der Waals surface area contributed by atoms with Crippen LogP contribution in [0.2, 0.25) is 0 Å².